The summed E-state index contributed by atoms with van der Waals surface area (Å²) in [5.74, 6) is -0.525. The Hall–Kier alpha value is -1.88. The van der Waals surface area contributed by atoms with Crippen molar-refractivity contribution < 1.29 is 13.9 Å². The van der Waals surface area contributed by atoms with E-state index in [2.05, 4.69) is 12.6 Å². The van der Waals surface area contributed by atoms with E-state index in [-0.39, 0.29) is 37.2 Å². The number of carbonyl (C=O) groups is 1. The van der Waals surface area contributed by atoms with Gasteiger partial charge < -0.3 is 10.5 Å². The molecule has 0 amide bonds. The van der Waals surface area contributed by atoms with Crippen LogP contribution in [0.15, 0.2) is 43.0 Å². The third kappa shape index (κ3) is 6.57. The van der Waals surface area contributed by atoms with Gasteiger partial charge in [-0.1, -0.05) is 29.8 Å². The lowest BCUT2D eigenvalue weighted by atomic mass is 9.90. The van der Waals surface area contributed by atoms with E-state index in [1.165, 1.54) is 0 Å². The summed E-state index contributed by atoms with van der Waals surface area (Å²) in [4.78, 5) is 12.0. The summed E-state index contributed by atoms with van der Waals surface area (Å²) in [5, 5.41) is 0.638. The van der Waals surface area contributed by atoms with Crippen LogP contribution in [0.25, 0.3) is 11.1 Å². The van der Waals surface area contributed by atoms with Crippen molar-refractivity contribution in [1.82, 2.24) is 0 Å². The molecule has 1 saturated carbocycles. The summed E-state index contributed by atoms with van der Waals surface area (Å²) < 4.78 is 20.4. The number of aryl methyl sites for hydroxylation is 1. The van der Waals surface area contributed by atoms with Crippen LogP contribution in [-0.4, -0.2) is 12.6 Å². The van der Waals surface area contributed by atoms with Crippen molar-refractivity contribution in [3.63, 3.8) is 0 Å². The maximum atomic E-state index is 15.4. The van der Waals surface area contributed by atoms with Crippen LogP contribution in [0.5, 0.6) is 0 Å². The Morgan fingerprint density at radius 3 is 2.75 bits per heavy atom. The van der Waals surface area contributed by atoms with Gasteiger partial charge in [0.1, 0.15) is 5.82 Å². The second-order valence-electron chi connectivity index (χ2n) is 8.17. The van der Waals surface area contributed by atoms with Crippen LogP contribution in [0.4, 0.5) is 4.39 Å². The van der Waals surface area contributed by atoms with Gasteiger partial charge in [-0.25, -0.2) is 4.39 Å². The Balaban J connectivity index is 0.00000363. The molecule has 2 N–H and O–H groups in total. The van der Waals surface area contributed by atoms with Crippen molar-refractivity contribution in [2.75, 3.05) is 6.61 Å². The van der Waals surface area contributed by atoms with Crippen molar-refractivity contribution >= 4 is 30.0 Å². The van der Waals surface area contributed by atoms with E-state index in [9.17, 15) is 4.79 Å². The van der Waals surface area contributed by atoms with Crippen LogP contribution >= 0.6 is 24.0 Å². The Kier molecular flexibility index (Phi) is 10.2. The number of nitrogens with two attached hydrogens (primary N) is 1. The minimum atomic E-state index is -0.768. The van der Waals surface area contributed by atoms with E-state index in [0.717, 1.165) is 55.2 Å². The van der Waals surface area contributed by atoms with Gasteiger partial charge in [0.25, 0.3) is 0 Å². The van der Waals surface area contributed by atoms with Gasteiger partial charge in [-0.05, 0) is 86.3 Å². The first kappa shape index (κ1) is 26.4. The van der Waals surface area contributed by atoms with E-state index in [4.69, 9.17) is 22.1 Å². The van der Waals surface area contributed by atoms with E-state index < -0.39 is 12.0 Å². The van der Waals surface area contributed by atoms with E-state index in [1.54, 1.807) is 13.0 Å². The Labute approximate surface area is 201 Å². The van der Waals surface area contributed by atoms with Crippen LogP contribution in [0.3, 0.4) is 0 Å². The van der Waals surface area contributed by atoms with Crippen molar-refractivity contribution in [2.24, 2.45) is 5.73 Å². The number of ether oxygens (including phenoxy) is 1. The zero-order valence-corrected chi connectivity index (χ0v) is 20.1. The smallest absolute Gasteiger partial charge is 0.307 e. The molecule has 0 spiro atoms. The SMILES string of the molecule is C=CCCCCc1cccc(Cl)c1-c1cc(C2CC2)c(F)c([C@@H](N)CC(=O)OCC)c1.Cl. The summed E-state index contributed by atoms with van der Waals surface area (Å²) in [5.41, 5.74) is 10.2. The quantitative estimate of drug-likeness (QED) is 0.209. The average Bonchev–Trinajstić information content (AvgIpc) is 3.57. The normalized spacial score (nSPS) is 13.9. The largest absolute Gasteiger partial charge is 0.466 e. The second-order valence-corrected chi connectivity index (χ2v) is 8.57. The van der Waals surface area contributed by atoms with Crippen LogP contribution in [0.2, 0.25) is 5.02 Å². The van der Waals surface area contributed by atoms with Crippen molar-refractivity contribution in [2.45, 2.75) is 63.8 Å². The van der Waals surface area contributed by atoms with E-state index >= 15 is 4.39 Å². The molecule has 1 aliphatic rings. The maximum Gasteiger partial charge on any atom is 0.307 e. The number of hydrogen-bond donors (Lipinski definition) is 1. The summed E-state index contributed by atoms with van der Waals surface area (Å²) in [6, 6.07) is 8.81. The fourth-order valence-corrected chi connectivity index (χ4v) is 4.29. The lowest BCUT2D eigenvalue weighted by molar-refractivity contribution is -0.143. The third-order valence-electron chi connectivity index (χ3n) is 5.73. The van der Waals surface area contributed by atoms with Gasteiger partial charge in [0.15, 0.2) is 0 Å². The first-order valence-electron chi connectivity index (χ1n) is 11.1. The van der Waals surface area contributed by atoms with Crippen molar-refractivity contribution in [3.8, 4) is 11.1 Å². The number of allylic oxidation sites excluding steroid dienone is 1. The first-order valence-corrected chi connectivity index (χ1v) is 11.5. The van der Waals surface area contributed by atoms with Crippen molar-refractivity contribution in [1.29, 1.82) is 0 Å². The summed E-state index contributed by atoms with van der Waals surface area (Å²) in [6.07, 6.45) is 7.73. The molecule has 2 aromatic carbocycles. The van der Waals surface area contributed by atoms with Crippen molar-refractivity contribution in [3.05, 3.63) is 70.5 Å². The molecular weight excluding hydrogens is 448 g/mol. The van der Waals surface area contributed by atoms with Crippen LogP contribution in [-0.2, 0) is 16.0 Å². The Bertz CT molecular complexity index is 944. The lowest BCUT2D eigenvalue weighted by Crippen LogP contribution is -2.19. The molecule has 3 rings (SSSR count). The van der Waals surface area contributed by atoms with Gasteiger partial charge in [0.05, 0.1) is 13.0 Å². The second kappa shape index (κ2) is 12.4. The maximum absolute atomic E-state index is 15.4. The van der Waals surface area contributed by atoms with Gasteiger partial charge in [-0.2, -0.15) is 0 Å². The molecular formula is C26H32Cl2FNO2. The highest BCUT2D eigenvalue weighted by atomic mass is 35.5. The molecule has 32 heavy (non-hydrogen) atoms. The van der Waals surface area contributed by atoms with Crippen LogP contribution in [0, 0.1) is 5.82 Å². The number of hydrogen-bond acceptors (Lipinski definition) is 3. The molecule has 6 heteroatoms. The fraction of sp³-hybridized carbons (Fsp3) is 0.423. The third-order valence-corrected chi connectivity index (χ3v) is 6.05. The molecule has 2 aromatic rings. The van der Waals surface area contributed by atoms with E-state index in [0.29, 0.717) is 16.1 Å². The predicted octanol–water partition coefficient (Wildman–Crippen LogP) is 7.30. The van der Waals surface area contributed by atoms with Gasteiger partial charge in [-0.15, -0.1) is 19.0 Å². The molecule has 1 fully saturated rings. The highest BCUT2D eigenvalue weighted by Gasteiger charge is 2.30. The number of halogens is 3. The molecule has 0 unspecified atom stereocenters. The van der Waals surface area contributed by atoms with Crippen LogP contribution in [0.1, 0.15) is 74.1 Å². The molecule has 0 saturated heterocycles. The van der Waals surface area contributed by atoms with Crippen LogP contribution < -0.4 is 5.73 Å². The van der Waals surface area contributed by atoms with Gasteiger partial charge in [0, 0.05) is 22.2 Å². The first-order chi connectivity index (χ1) is 15.0. The summed E-state index contributed by atoms with van der Waals surface area (Å²) >= 11 is 6.63. The summed E-state index contributed by atoms with van der Waals surface area (Å²) in [6.45, 7) is 5.80. The van der Waals surface area contributed by atoms with E-state index in [1.807, 2.05) is 24.3 Å². The number of benzene rings is 2. The number of esters is 1. The standard InChI is InChI=1S/C26H31ClFNO2.ClH/c1-3-5-6-7-9-18-10-8-11-22(27)25(18)19-14-20(17-12-13-17)26(28)21(15-19)23(29)16-24(30)31-4-2;/h3,8,10-11,14-15,17,23H,1,4-7,9,12-13,16,29H2,2H3;1H/t23-;/m0./s1. The summed E-state index contributed by atoms with van der Waals surface area (Å²) in [7, 11) is 0. The molecule has 3 nitrogen and oxygen atoms in total. The molecule has 0 aromatic heterocycles. The lowest BCUT2D eigenvalue weighted by Gasteiger charge is -2.19. The highest BCUT2D eigenvalue weighted by molar-refractivity contribution is 6.33. The molecule has 0 aliphatic heterocycles. The number of rotatable bonds is 11. The van der Waals surface area contributed by atoms with Gasteiger partial charge in [-0.3, -0.25) is 4.79 Å². The zero-order valence-electron chi connectivity index (χ0n) is 18.5. The van der Waals surface area contributed by atoms with Gasteiger partial charge >= 0.3 is 5.97 Å². The minimum Gasteiger partial charge on any atom is -0.466 e. The van der Waals surface area contributed by atoms with Gasteiger partial charge in [0.2, 0.25) is 0 Å². The Morgan fingerprint density at radius 2 is 2.09 bits per heavy atom. The zero-order chi connectivity index (χ0) is 22.4. The number of unbranched alkanes of at least 4 members (excludes halogenated alkanes) is 2. The fourth-order valence-electron chi connectivity index (χ4n) is 3.99. The molecule has 174 valence electrons. The predicted molar refractivity (Wildman–Crippen MR) is 132 cm³/mol. The monoisotopic (exact) mass is 479 g/mol. The molecule has 0 heterocycles. The highest BCUT2D eigenvalue weighted by Crippen LogP contribution is 2.45. The topological polar surface area (TPSA) is 52.3 Å². The minimum absolute atomic E-state index is 0. The Morgan fingerprint density at radius 1 is 1.34 bits per heavy atom. The molecule has 0 radical (unpaired) electrons. The molecule has 0 bridgehead atoms. The average molecular weight is 480 g/mol. The number of carbonyl (C=O) groups excluding carboxylic acids is 1. The molecule has 1 aliphatic carbocycles. The molecule has 1 atom stereocenters.